The van der Waals surface area contributed by atoms with Crippen molar-refractivity contribution in [1.29, 1.82) is 0 Å². The Labute approximate surface area is 123 Å². The van der Waals surface area contributed by atoms with Crippen LogP contribution >= 0.6 is 0 Å². The second kappa shape index (κ2) is 5.48. The van der Waals surface area contributed by atoms with Crippen LogP contribution in [0.2, 0.25) is 0 Å². The molecule has 108 valence electrons. The van der Waals surface area contributed by atoms with E-state index in [1.807, 2.05) is 50.2 Å². The lowest BCUT2D eigenvalue weighted by atomic mass is 10.1. The number of fused-ring (bicyclic) bond motifs is 1. The smallest absolute Gasteiger partial charge is 0.231 e. The van der Waals surface area contributed by atoms with Gasteiger partial charge in [0.15, 0.2) is 11.5 Å². The number of hydrogen-bond donors (Lipinski definition) is 1. The van der Waals surface area contributed by atoms with E-state index in [1.54, 1.807) is 0 Å². The molecule has 2 aromatic rings. The summed E-state index contributed by atoms with van der Waals surface area (Å²) >= 11 is 0. The highest BCUT2D eigenvalue weighted by molar-refractivity contribution is 5.92. The van der Waals surface area contributed by atoms with E-state index >= 15 is 0 Å². The van der Waals surface area contributed by atoms with Crippen LogP contribution in [-0.2, 0) is 11.2 Å². The molecule has 0 bridgehead atoms. The van der Waals surface area contributed by atoms with Crippen LogP contribution in [0.1, 0.15) is 16.7 Å². The zero-order chi connectivity index (χ0) is 14.8. The summed E-state index contributed by atoms with van der Waals surface area (Å²) in [6.07, 6.45) is 0.263. The normalized spacial score (nSPS) is 12.3. The van der Waals surface area contributed by atoms with E-state index in [-0.39, 0.29) is 19.1 Å². The Morgan fingerprint density at radius 2 is 2.00 bits per heavy atom. The molecule has 0 aliphatic carbocycles. The van der Waals surface area contributed by atoms with Gasteiger partial charge < -0.3 is 14.8 Å². The van der Waals surface area contributed by atoms with Crippen LogP contribution in [0, 0.1) is 13.8 Å². The Morgan fingerprint density at radius 1 is 1.14 bits per heavy atom. The molecular weight excluding hydrogens is 266 g/mol. The highest BCUT2D eigenvalue weighted by Gasteiger charge is 2.18. The molecule has 0 aromatic heterocycles. The van der Waals surface area contributed by atoms with Crippen LogP contribution in [0.25, 0.3) is 0 Å². The predicted octanol–water partition coefficient (Wildman–Crippen LogP) is 3.21. The summed E-state index contributed by atoms with van der Waals surface area (Å²) in [6.45, 7) is 4.29. The van der Waals surface area contributed by atoms with Crippen LogP contribution in [0.3, 0.4) is 0 Å². The van der Waals surface area contributed by atoms with Gasteiger partial charge in [0, 0.05) is 11.3 Å². The highest BCUT2D eigenvalue weighted by Crippen LogP contribution is 2.35. The molecule has 0 spiro atoms. The van der Waals surface area contributed by atoms with Gasteiger partial charge in [-0.2, -0.15) is 0 Å². The van der Waals surface area contributed by atoms with E-state index in [9.17, 15) is 4.79 Å². The fourth-order valence-electron chi connectivity index (χ4n) is 2.33. The third-order valence-electron chi connectivity index (χ3n) is 3.62. The van der Waals surface area contributed by atoms with Gasteiger partial charge >= 0.3 is 0 Å². The van der Waals surface area contributed by atoms with Crippen molar-refractivity contribution in [2.24, 2.45) is 0 Å². The van der Waals surface area contributed by atoms with Crippen LogP contribution in [-0.4, -0.2) is 12.7 Å². The first-order chi connectivity index (χ1) is 10.1. The number of aryl methyl sites for hydroxylation is 2. The molecule has 1 amide bonds. The number of ether oxygens (including phenoxy) is 2. The second-order valence-corrected chi connectivity index (χ2v) is 5.17. The fraction of sp³-hybridized carbons (Fsp3) is 0.235. The van der Waals surface area contributed by atoms with Crippen molar-refractivity contribution in [3.8, 4) is 11.5 Å². The lowest BCUT2D eigenvalue weighted by Gasteiger charge is -2.09. The number of rotatable bonds is 3. The van der Waals surface area contributed by atoms with Gasteiger partial charge in [-0.3, -0.25) is 4.79 Å². The summed E-state index contributed by atoms with van der Waals surface area (Å²) in [5, 5.41) is 2.91. The molecule has 4 heteroatoms. The molecule has 1 heterocycles. The molecule has 0 unspecified atom stereocenters. The Kier molecular flexibility index (Phi) is 3.52. The van der Waals surface area contributed by atoms with Gasteiger partial charge in [-0.05, 0) is 43.2 Å². The van der Waals surface area contributed by atoms with Gasteiger partial charge in [0.2, 0.25) is 12.7 Å². The lowest BCUT2D eigenvalue weighted by molar-refractivity contribution is -0.115. The quantitative estimate of drug-likeness (QED) is 0.941. The average molecular weight is 283 g/mol. The van der Waals surface area contributed by atoms with Crippen molar-refractivity contribution in [3.05, 3.63) is 53.1 Å². The third kappa shape index (κ3) is 2.84. The Balaban J connectivity index is 1.72. The first-order valence-electron chi connectivity index (χ1n) is 6.88. The van der Waals surface area contributed by atoms with E-state index in [2.05, 4.69) is 5.32 Å². The predicted molar refractivity (Wildman–Crippen MR) is 80.8 cm³/mol. The van der Waals surface area contributed by atoms with Crippen molar-refractivity contribution in [2.45, 2.75) is 20.3 Å². The van der Waals surface area contributed by atoms with Crippen molar-refractivity contribution in [3.63, 3.8) is 0 Å². The van der Waals surface area contributed by atoms with Gasteiger partial charge in [0.05, 0.1) is 6.42 Å². The Morgan fingerprint density at radius 3 is 2.81 bits per heavy atom. The zero-order valence-electron chi connectivity index (χ0n) is 12.1. The fourth-order valence-corrected chi connectivity index (χ4v) is 2.33. The van der Waals surface area contributed by atoms with Crippen molar-refractivity contribution in [2.75, 3.05) is 12.1 Å². The maximum atomic E-state index is 12.2. The number of benzene rings is 2. The first kappa shape index (κ1) is 13.5. The van der Waals surface area contributed by atoms with E-state index in [0.717, 1.165) is 16.8 Å². The molecule has 4 nitrogen and oxygen atoms in total. The van der Waals surface area contributed by atoms with Crippen molar-refractivity contribution in [1.82, 2.24) is 0 Å². The minimum absolute atomic E-state index is 0.0675. The maximum Gasteiger partial charge on any atom is 0.231 e. The van der Waals surface area contributed by atoms with Crippen LogP contribution in [0.5, 0.6) is 11.5 Å². The topological polar surface area (TPSA) is 47.6 Å². The van der Waals surface area contributed by atoms with Crippen molar-refractivity contribution < 1.29 is 14.3 Å². The van der Waals surface area contributed by atoms with E-state index in [0.29, 0.717) is 11.5 Å². The lowest BCUT2D eigenvalue weighted by Crippen LogP contribution is -2.14. The number of hydrogen-bond acceptors (Lipinski definition) is 3. The molecular formula is C17H17NO3. The van der Waals surface area contributed by atoms with Gasteiger partial charge in [0.25, 0.3) is 0 Å². The summed E-state index contributed by atoms with van der Waals surface area (Å²) < 4.78 is 10.7. The van der Waals surface area contributed by atoms with Gasteiger partial charge in [-0.15, -0.1) is 0 Å². The summed E-state index contributed by atoms with van der Waals surface area (Å²) in [4.78, 5) is 12.2. The number of anilines is 1. The molecule has 0 atom stereocenters. The highest BCUT2D eigenvalue weighted by atomic mass is 16.7. The number of para-hydroxylation sites is 1. The zero-order valence-corrected chi connectivity index (χ0v) is 12.1. The number of carbonyl (C=O) groups excluding carboxylic acids is 1. The second-order valence-electron chi connectivity index (χ2n) is 5.17. The average Bonchev–Trinajstić information content (AvgIpc) is 2.92. The maximum absolute atomic E-state index is 12.2. The summed E-state index contributed by atoms with van der Waals surface area (Å²) in [5.41, 5.74) is 4.02. The van der Waals surface area contributed by atoms with Gasteiger partial charge in [-0.25, -0.2) is 0 Å². The molecule has 0 radical (unpaired) electrons. The SMILES string of the molecule is Cc1ccc(NC(=O)Cc2cccc3c2OCO3)cc1C. The minimum Gasteiger partial charge on any atom is -0.454 e. The molecule has 1 aliphatic rings. The monoisotopic (exact) mass is 283 g/mol. The van der Waals surface area contributed by atoms with E-state index in [1.165, 1.54) is 5.56 Å². The van der Waals surface area contributed by atoms with Gasteiger partial charge in [0.1, 0.15) is 0 Å². The van der Waals surface area contributed by atoms with Crippen molar-refractivity contribution >= 4 is 11.6 Å². The number of amides is 1. The Bertz CT molecular complexity index is 694. The third-order valence-corrected chi connectivity index (χ3v) is 3.62. The molecule has 0 fully saturated rings. The molecule has 1 N–H and O–H groups in total. The van der Waals surface area contributed by atoms with E-state index in [4.69, 9.17) is 9.47 Å². The first-order valence-corrected chi connectivity index (χ1v) is 6.88. The van der Waals surface area contributed by atoms with E-state index < -0.39 is 0 Å². The molecule has 21 heavy (non-hydrogen) atoms. The Hall–Kier alpha value is -2.49. The van der Waals surface area contributed by atoms with Crippen LogP contribution < -0.4 is 14.8 Å². The molecule has 1 aliphatic heterocycles. The van der Waals surface area contributed by atoms with Crippen LogP contribution in [0.4, 0.5) is 5.69 Å². The van der Waals surface area contributed by atoms with Crippen LogP contribution in [0.15, 0.2) is 36.4 Å². The molecule has 2 aromatic carbocycles. The molecule has 0 saturated carbocycles. The molecule has 0 saturated heterocycles. The summed E-state index contributed by atoms with van der Waals surface area (Å²) in [5.74, 6) is 1.31. The molecule has 3 rings (SSSR count). The summed E-state index contributed by atoms with van der Waals surface area (Å²) in [7, 11) is 0. The standard InChI is InChI=1S/C17H17NO3/c1-11-6-7-14(8-12(11)2)18-16(19)9-13-4-3-5-15-17(13)21-10-20-15/h3-8H,9-10H2,1-2H3,(H,18,19). The number of nitrogens with one attached hydrogen (secondary N) is 1. The number of carbonyl (C=O) groups is 1. The van der Waals surface area contributed by atoms with Gasteiger partial charge in [-0.1, -0.05) is 18.2 Å². The summed E-state index contributed by atoms with van der Waals surface area (Å²) in [6, 6.07) is 11.5. The minimum atomic E-state index is -0.0675. The largest absolute Gasteiger partial charge is 0.454 e.